The van der Waals surface area contributed by atoms with Crippen LogP contribution >= 0.6 is 0 Å². The van der Waals surface area contributed by atoms with Gasteiger partial charge in [0.15, 0.2) is 6.29 Å². The molecule has 0 aromatic carbocycles. The molecule has 1 saturated heterocycles. The highest BCUT2D eigenvalue weighted by Gasteiger charge is 2.48. The average Bonchev–Trinajstić information content (AvgIpc) is 3.20. The lowest BCUT2D eigenvalue weighted by molar-refractivity contribution is -0.301. The highest BCUT2D eigenvalue weighted by atomic mass is 32.3. The molecule has 0 aromatic rings. The van der Waals surface area contributed by atoms with Crippen LogP contribution in [0.25, 0.3) is 0 Å². The molecule has 1 heterocycles. The number of rotatable bonds is 41. The molecule has 0 saturated carbocycles. The van der Waals surface area contributed by atoms with Gasteiger partial charge < -0.3 is 34.3 Å². The van der Waals surface area contributed by atoms with Gasteiger partial charge in [-0.3, -0.25) is 9.35 Å². The number of aliphatic hydroxyl groups is 3. The molecule has 1 aliphatic rings. The molecule has 4 N–H and O–H groups in total. The normalized spacial score (nSPS) is 20.5. The van der Waals surface area contributed by atoms with E-state index in [2.05, 4.69) is 42.3 Å². The van der Waals surface area contributed by atoms with E-state index in [4.69, 9.17) is 23.5 Å². The van der Waals surface area contributed by atoms with Crippen molar-refractivity contribution < 1.29 is 56.2 Å². The van der Waals surface area contributed by atoms with E-state index in [0.717, 1.165) is 57.8 Å². The van der Waals surface area contributed by atoms with Gasteiger partial charge in [-0.25, -0.2) is 4.18 Å². The third-order valence-corrected chi connectivity index (χ3v) is 11.3. The van der Waals surface area contributed by atoms with Crippen LogP contribution in [0.5, 0.6) is 0 Å². The molecule has 1 rings (SSSR count). The van der Waals surface area contributed by atoms with Gasteiger partial charge in [-0.1, -0.05) is 154 Å². The molecule has 12 nitrogen and oxygen atoms in total. The maximum absolute atomic E-state index is 12.8. The van der Waals surface area contributed by atoms with Gasteiger partial charge >= 0.3 is 16.4 Å². The minimum Gasteiger partial charge on any atom is -0.457 e. The van der Waals surface area contributed by atoms with Gasteiger partial charge in [0.1, 0.15) is 30.5 Å². The summed E-state index contributed by atoms with van der Waals surface area (Å²) in [5.74, 6) is -0.408. The summed E-state index contributed by atoms with van der Waals surface area (Å²) < 4.78 is 59.1. The summed E-state index contributed by atoms with van der Waals surface area (Å²) >= 11 is 0. The second-order valence-electron chi connectivity index (χ2n) is 16.3. The maximum atomic E-state index is 12.8. The Morgan fingerprint density at radius 2 is 1.07 bits per heavy atom. The number of allylic oxidation sites excluding steroid dienone is 4. The Hall–Kier alpha value is -1.42. The molecule has 59 heavy (non-hydrogen) atoms. The zero-order valence-electron chi connectivity index (χ0n) is 37.1. The van der Waals surface area contributed by atoms with Crippen LogP contribution < -0.4 is 0 Å². The van der Waals surface area contributed by atoms with Crippen molar-refractivity contribution in [1.29, 1.82) is 0 Å². The molecule has 0 aliphatic carbocycles. The van der Waals surface area contributed by atoms with Crippen molar-refractivity contribution in [2.24, 2.45) is 0 Å². The van der Waals surface area contributed by atoms with Crippen molar-refractivity contribution >= 4 is 16.4 Å². The second kappa shape index (κ2) is 38.3. The predicted molar refractivity (Wildman–Crippen MR) is 234 cm³/mol. The molecule has 13 heteroatoms. The fourth-order valence-electron chi connectivity index (χ4n) is 7.19. The zero-order chi connectivity index (χ0) is 43.2. The van der Waals surface area contributed by atoms with Gasteiger partial charge in [-0.05, 0) is 64.2 Å². The number of aliphatic hydroxyl groups excluding tert-OH is 3. The summed E-state index contributed by atoms with van der Waals surface area (Å²) in [5.41, 5.74) is 0. The minimum atomic E-state index is -5.06. The first-order valence-corrected chi connectivity index (χ1v) is 25.0. The maximum Gasteiger partial charge on any atom is 0.397 e. The van der Waals surface area contributed by atoms with Gasteiger partial charge in [0.05, 0.1) is 19.8 Å². The van der Waals surface area contributed by atoms with Crippen molar-refractivity contribution in [3.8, 4) is 0 Å². The van der Waals surface area contributed by atoms with Gasteiger partial charge in [0.25, 0.3) is 0 Å². The van der Waals surface area contributed by atoms with E-state index < -0.39 is 59.8 Å². The molecule has 0 aromatic heterocycles. The van der Waals surface area contributed by atoms with Crippen LogP contribution in [-0.2, 0) is 38.3 Å². The van der Waals surface area contributed by atoms with Crippen LogP contribution in [0, 0.1) is 0 Å². The zero-order valence-corrected chi connectivity index (χ0v) is 37.9. The summed E-state index contributed by atoms with van der Waals surface area (Å²) in [6.45, 7) is 3.97. The lowest BCUT2D eigenvalue weighted by Gasteiger charge is -2.41. The van der Waals surface area contributed by atoms with E-state index in [-0.39, 0.29) is 19.6 Å². The van der Waals surface area contributed by atoms with Gasteiger partial charge in [-0.15, -0.1) is 0 Å². The number of hydrogen-bond donors (Lipinski definition) is 4. The van der Waals surface area contributed by atoms with E-state index in [1.54, 1.807) is 0 Å². The quantitative estimate of drug-likeness (QED) is 0.0198. The first kappa shape index (κ1) is 55.6. The third kappa shape index (κ3) is 32.0. The van der Waals surface area contributed by atoms with Crippen LogP contribution in [0.2, 0.25) is 0 Å². The lowest BCUT2D eigenvalue weighted by Crippen LogP contribution is -2.60. The Labute approximate surface area is 359 Å². The highest BCUT2D eigenvalue weighted by molar-refractivity contribution is 7.80. The van der Waals surface area contributed by atoms with Crippen molar-refractivity contribution in [3.63, 3.8) is 0 Å². The Kier molecular flexibility index (Phi) is 36.1. The molecular weight excluding hydrogens is 777 g/mol. The minimum absolute atomic E-state index is 0.0330. The van der Waals surface area contributed by atoms with Crippen molar-refractivity contribution in [1.82, 2.24) is 0 Å². The smallest absolute Gasteiger partial charge is 0.397 e. The van der Waals surface area contributed by atoms with Crippen molar-refractivity contribution in [2.75, 3.05) is 26.4 Å². The first-order chi connectivity index (χ1) is 28.6. The van der Waals surface area contributed by atoms with Crippen LogP contribution in [-0.4, -0.2) is 97.5 Å². The molecule has 0 amide bonds. The first-order valence-electron chi connectivity index (χ1n) is 23.6. The standard InChI is InChI=1S/C46H86O12S/c1-3-5-7-9-11-13-15-17-19-20-21-22-24-26-28-30-32-34-36-54-38-40(39-55-46-44(50)45(58-59(51,52)53)43(49)41(37-47)57-46)56-42(48)35-33-31-29-27-25-23-18-16-14-12-10-8-6-4-2/h16-19,40-41,43-47,49-50H,3-15,20-39H2,1-2H3,(H,51,52,53)/b18-16-,19-17-. The van der Waals surface area contributed by atoms with Gasteiger partial charge in [0, 0.05) is 13.0 Å². The van der Waals surface area contributed by atoms with Crippen molar-refractivity contribution in [2.45, 2.75) is 237 Å². The van der Waals surface area contributed by atoms with E-state index in [0.29, 0.717) is 13.0 Å². The van der Waals surface area contributed by atoms with Gasteiger partial charge in [0.2, 0.25) is 0 Å². The summed E-state index contributed by atoms with van der Waals surface area (Å²) in [6, 6.07) is 0. The highest BCUT2D eigenvalue weighted by Crippen LogP contribution is 2.26. The van der Waals surface area contributed by atoms with Crippen LogP contribution in [0.15, 0.2) is 24.3 Å². The number of ether oxygens (including phenoxy) is 4. The van der Waals surface area contributed by atoms with E-state index in [1.807, 2.05) is 0 Å². The van der Waals surface area contributed by atoms with Gasteiger partial charge in [-0.2, -0.15) is 8.42 Å². The Balaban J connectivity index is 2.41. The number of unbranched alkanes of at least 4 members (excludes halogenated alkanes) is 24. The molecular formula is C46H86O12S. The molecule has 6 atom stereocenters. The Morgan fingerprint density at radius 1 is 0.627 bits per heavy atom. The summed E-state index contributed by atoms with van der Waals surface area (Å²) in [4.78, 5) is 12.8. The molecule has 0 spiro atoms. The van der Waals surface area contributed by atoms with E-state index >= 15 is 0 Å². The number of esters is 1. The molecule has 0 bridgehead atoms. The average molecular weight is 863 g/mol. The summed E-state index contributed by atoms with van der Waals surface area (Å²) in [5, 5.41) is 30.7. The van der Waals surface area contributed by atoms with Crippen LogP contribution in [0.4, 0.5) is 0 Å². The van der Waals surface area contributed by atoms with Crippen LogP contribution in [0.1, 0.15) is 200 Å². The molecule has 0 radical (unpaired) electrons. The fraction of sp³-hybridized carbons (Fsp3) is 0.891. The summed E-state index contributed by atoms with van der Waals surface area (Å²) in [6.07, 6.45) is 33.5. The summed E-state index contributed by atoms with van der Waals surface area (Å²) in [7, 11) is -5.06. The lowest BCUT2D eigenvalue weighted by atomic mass is 9.99. The number of hydrogen-bond acceptors (Lipinski definition) is 11. The van der Waals surface area contributed by atoms with E-state index in [1.165, 1.54) is 116 Å². The van der Waals surface area contributed by atoms with E-state index in [9.17, 15) is 28.5 Å². The SMILES string of the molecule is CCCCCCC/C=C\CCCCCCCC(=O)OC(COCCCCCCCCCC/C=C\CCCCCCCC)COC1OC(CO)C(O)C(OS(=O)(=O)O)C1O. The molecule has 348 valence electrons. The molecule has 6 unspecified atom stereocenters. The molecule has 1 aliphatic heterocycles. The Bertz CT molecular complexity index is 1130. The molecule has 1 fully saturated rings. The number of carbonyl (C=O) groups excluding carboxylic acids is 1. The largest absolute Gasteiger partial charge is 0.457 e. The Morgan fingerprint density at radius 3 is 1.53 bits per heavy atom. The van der Waals surface area contributed by atoms with Crippen molar-refractivity contribution in [3.05, 3.63) is 24.3 Å². The fourth-order valence-corrected chi connectivity index (χ4v) is 7.70. The predicted octanol–water partition coefficient (Wildman–Crippen LogP) is 10.0. The number of carbonyl (C=O) groups is 1. The topological polar surface area (TPSA) is 178 Å². The monoisotopic (exact) mass is 863 g/mol. The third-order valence-electron chi connectivity index (χ3n) is 10.8. The second-order valence-corrected chi connectivity index (χ2v) is 17.4. The van der Waals surface area contributed by atoms with Crippen LogP contribution in [0.3, 0.4) is 0 Å².